The number of carbonyl (C=O) groups excluding carboxylic acids is 1. The van der Waals surface area contributed by atoms with Crippen LogP contribution in [0.15, 0.2) is 30.3 Å². The minimum atomic E-state index is -0.699. The van der Waals surface area contributed by atoms with E-state index in [4.69, 9.17) is 5.11 Å². The van der Waals surface area contributed by atoms with E-state index in [9.17, 15) is 9.59 Å². The number of rotatable bonds is 4. The molecule has 3 fully saturated rings. The van der Waals surface area contributed by atoms with Crippen molar-refractivity contribution in [1.82, 2.24) is 15.1 Å². The molecule has 1 aliphatic carbocycles. The number of aliphatic carboxylic acids is 1. The maximum absolute atomic E-state index is 12.7. The molecule has 1 spiro atoms. The van der Waals surface area contributed by atoms with Gasteiger partial charge in [-0.05, 0) is 69.0 Å². The zero-order chi connectivity index (χ0) is 20.3. The monoisotopic (exact) mass is 399 g/mol. The molecule has 2 N–H and O–H groups in total. The van der Waals surface area contributed by atoms with Crippen molar-refractivity contribution < 1.29 is 14.7 Å². The summed E-state index contributed by atoms with van der Waals surface area (Å²) in [7, 11) is 0. The first-order chi connectivity index (χ1) is 14.0. The molecule has 3 aliphatic rings. The Kier molecular flexibility index (Phi) is 6.09. The number of piperidine rings is 1. The molecule has 2 heterocycles. The van der Waals surface area contributed by atoms with E-state index in [1.807, 2.05) is 4.90 Å². The topological polar surface area (TPSA) is 72.9 Å². The van der Waals surface area contributed by atoms with Crippen LogP contribution in [0.5, 0.6) is 0 Å². The van der Waals surface area contributed by atoms with E-state index in [2.05, 4.69) is 40.5 Å². The summed E-state index contributed by atoms with van der Waals surface area (Å²) in [6.45, 7) is 4.92. The Bertz CT molecular complexity index is 707. The highest BCUT2D eigenvalue weighted by Gasteiger charge is 2.42. The first kappa shape index (κ1) is 20.2. The molecular formula is C23H33N3O3. The lowest BCUT2D eigenvalue weighted by atomic mass is 9.77. The smallest absolute Gasteiger partial charge is 0.317 e. The van der Waals surface area contributed by atoms with Crippen LogP contribution >= 0.6 is 0 Å². The summed E-state index contributed by atoms with van der Waals surface area (Å²) in [6, 6.07) is 10.8. The molecule has 1 aromatic rings. The van der Waals surface area contributed by atoms with Crippen molar-refractivity contribution in [3.8, 4) is 0 Å². The van der Waals surface area contributed by atoms with E-state index < -0.39 is 5.97 Å². The lowest BCUT2D eigenvalue weighted by Gasteiger charge is -2.39. The van der Waals surface area contributed by atoms with Crippen molar-refractivity contribution >= 4 is 12.0 Å². The van der Waals surface area contributed by atoms with Crippen LogP contribution < -0.4 is 5.32 Å². The van der Waals surface area contributed by atoms with Crippen molar-refractivity contribution in [1.29, 1.82) is 0 Å². The van der Waals surface area contributed by atoms with Crippen molar-refractivity contribution in [3.05, 3.63) is 35.9 Å². The molecule has 0 atom stereocenters. The number of nitrogens with zero attached hydrogens (tertiary/aromatic N) is 2. The number of benzene rings is 1. The fourth-order valence-electron chi connectivity index (χ4n) is 5.29. The molecule has 29 heavy (non-hydrogen) atoms. The normalized spacial score (nSPS) is 27.1. The van der Waals surface area contributed by atoms with Gasteiger partial charge in [0.2, 0.25) is 0 Å². The largest absolute Gasteiger partial charge is 0.481 e. The van der Waals surface area contributed by atoms with Gasteiger partial charge in [-0.25, -0.2) is 4.79 Å². The van der Waals surface area contributed by atoms with Gasteiger partial charge in [0, 0.05) is 25.7 Å². The maximum atomic E-state index is 12.7. The summed E-state index contributed by atoms with van der Waals surface area (Å²) in [4.78, 5) is 28.4. The average molecular weight is 400 g/mol. The van der Waals surface area contributed by atoms with Crippen LogP contribution in [0.3, 0.4) is 0 Å². The average Bonchev–Trinajstić information content (AvgIpc) is 3.15. The quantitative estimate of drug-likeness (QED) is 0.815. The SMILES string of the molecule is O=C(O)C1CCC(NC(=O)N2CCC3(CCN(Cc4ccccc4)CC3)C2)CC1. The summed E-state index contributed by atoms with van der Waals surface area (Å²) >= 11 is 0. The Labute approximate surface area is 173 Å². The first-order valence-corrected chi connectivity index (χ1v) is 11.1. The van der Waals surface area contributed by atoms with Crippen LogP contribution in [0.2, 0.25) is 0 Å². The van der Waals surface area contributed by atoms with Crippen LogP contribution in [0.25, 0.3) is 0 Å². The highest BCUT2D eigenvalue weighted by Crippen LogP contribution is 2.40. The number of carboxylic acids is 1. The number of urea groups is 1. The van der Waals surface area contributed by atoms with E-state index in [1.165, 1.54) is 5.56 Å². The molecule has 0 radical (unpaired) electrons. The zero-order valence-electron chi connectivity index (χ0n) is 17.2. The number of nitrogens with one attached hydrogen (secondary N) is 1. The van der Waals surface area contributed by atoms with E-state index in [-0.39, 0.29) is 23.4 Å². The summed E-state index contributed by atoms with van der Waals surface area (Å²) < 4.78 is 0. The van der Waals surface area contributed by atoms with Gasteiger partial charge in [-0.1, -0.05) is 30.3 Å². The first-order valence-electron chi connectivity index (χ1n) is 11.1. The second kappa shape index (κ2) is 8.74. The van der Waals surface area contributed by atoms with Crippen molar-refractivity contribution in [2.45, 2.75) is 57.5 Å². The minimum absolute atomic E-state index is 0.0485. The van der Waals surface area contributed by atoms with Crippen LogP contribution in [0.4, 0.5) is 4.79 Å². The lowest BCUT2D eigenvalue weighted by molar-refractivity contribution is -0.142. The van der Waals surface area contributed by atoms with Gasteiger partial charge in [-0.15, -0.1) is 0 Å². The third kappa shape index (κ3) is 4.92. The Morgan fingerprint density at radius 1 is 1.00 bits per heavy atom. The van der Waals surface area contributed by atoms with Gasteiger partial charge in [0.15, 0.2) is 0 Å². The lowest BCUT2D eigenvalue weighted by Crippen LogP contribution is -2.47. The molecule has 0 bridgehead atoms. The molecule has 158 valence electrons. The van der Waals surface area contributed by atoms with Gasteiger partial charge in [0.05, 0.1) is 5.92 Å². The Morgan fingerprint density at radius 2 is 1.66 bits per heavy atom. The van der Waals surface area contributed by atoms with Crippen LogP contribution in [-0.2, 0) is 11.3 Å². The van der Waals surface area contributed by atoms with Gasteiger partial charge in [-0.3, -0.25) is 9.69 Å². The summed E-state index contributed by atoms with van der Waals surface area (Å²) in [5.41, 5.74) is 1.65. The number of likely N-dealkylation sites (tertiary alicyclic amines) is 2. The summed E-state index contributed by atoms with van der Waals surface area (Å²) in [5, 5.41) is 12.3. The highest BCUT2D eigenvalue weighted by atomic mass is 16.4. The summed E-state index contributed by atoms with van der Waals surface area (Å²) in [6.07, 6.45) is 6.31. The van der Waals surface area contributed by atoms with Crippen LogP contribution in [0, 0.1) is 11.3 Å². The predicted octanol–water partition coefficient (Wildman–Crippen LogP) is 3.33. The molecule has 6 heteroatoms. The fourth-order valence-corrected chi connectivity index (χ4v) is 5.29. The Hall–Kier alpha value is -2.08. The van der Waals surface area contributed by atoms with Gasteiger partial charge < -0.3 is 15.3 Å². The molecule has 2 amide bonds. The van der Waals surface area contributed by atoms with Gasteiger partial charge in [0.1, 0.15) is 0 Å². The van der Waals surface area contributed by atoms with Crippen molar-refractivity contribution in [3.63, 3.8) is 0 Å². The molecule has 1 aromatic carbocycles. The Morgan fingerprint density at radius 3 is 2.31 bits per heavy atom. The van der Waals surface area contributed by atoms with Crippen molar-refractivity contribution in [2.24, 2.45) is 11.3 Å². The Balaban J connectivity index is 1.22. The number of carbonyl (C=O) groups is 2. The number of carboxylic acid groups (broad SMARTS) is 1. The third-order valence-corrected chi connectivity index (χ3v) is 7.30. The highest BCUT2D eigenvalue weighted by molar-refractivity contribution is 5.75. The maximum Gasteiger partial charge on any atom is 0.317 e. The van der Waals surface area contributed by atoms with Gasteiger partial charge in [-0.2, -0.15) is 0 Å². The molecule has 4 rings (SSSR count). The number of hydrogen-bond acceptors (Lipinski definition) is 3. The van der Waals surface area contributed by atoms with Crippen LogP contribution in [-0.4, -0.2) is 59.1 Å². The zero-order valence-corrected chi connectivity index (χ0v) is 17.2. The fraction of sp³-hybridized carbons (Fsp3) is 0.652. The molecule has 0 aromatic heterocycles. The van der Waals surface area contributed by atoms with Gasteiger partial charge >= 0.3 is 12.0 Å². The number of amides is 2. The van der Waals surface area contributed by atoms with E-state index in [0.717, 1.165) is 64.8 Å². The minimum Gasteiger partial charge on any atom is -0.481 e. The van der Waals surface area contributed by atoms with E-state index in [0.29, 0.717) is 12.8 Å². The van der Waals surface area contributed by atoms with Crippen molar-refractivity contribution in [2.75, 3.05) is 26.2 Å². The van der Waals surface area contributed by atoms with Crippen LogP contribution in [0.1, 0.15) is 50.5 Å². The second-order valence-electron chi connectivity index (χ2n) is 9.27. The standard InChI is InChI=1S/C23H33N3O3/c27-21(28)19-6-8-20(9-7-19)24-22(29)26-15-12-23(17-26)10-13-25(14-11-23)16-18-4-2-1-3-5-18/h1-5,19-20H,6-17H2,(H,24,29)(H,27,28). The molecule has 1 saturated carbocycles. The molecule has 6 nitrogen and oxygen atoms in total. The second-order valence-corrected chi connectivity index (χ2v) is 9.27. The molecule has 0 unspecified atom stereocenters. The van der Waals surface area contributed by atoms with E-state index >= 15 is 0 Å². The molecule has 2 aliphatic heterocycles. The van der Waals surface area contributed by atoms with Gasteiger partial charge in [0.25, 0.3) is 0 Å². The summed E-state index contributed by atoms with van der Waals surface area (Å²) in [5.74, 6) is -0.936. The predicted molar refractivity (Wildman–Crippen MR) is 111 cm³/mol. The number of hydrogen-bond donors (Lipinski definition) is 2. The molecule has 2 saturated heterocycles. The molecular weight excluding hydrogens is 366 g/mol. The van der Waals surface area contributed by atoms with E-state index in [1.54, 1.807) is 0 Å². The third-order valence-electron chi connectivity index (χ3n) is 7.30.